The monoisotopic (exact) mass is 262 g/mol. The first-order valence-corrected chi connectivity index (χ1v) is 5.73. The Morgan fingerprint density at radius 3 is 3.05 bits per heavy atom. The summed E-state index contributed by atoms with van der Waals surface area (Å²) in [5.74, 6) is 0.283. The van der Waals surface area contributed by atoms with Gasteiger partial charge in [0.2, 0.25) is 0 Å². The largest absolute Gasteiger partial charge is 0.411 e. The molecule has 0 amide bonds. The molecule has 0 unspecified atom stereocenters. The molecule has 2 heterocycles. The van der Waals surface area contributed by atoms with Gasteiger partial charge in [0, 0.05) is 12.7 Å². The summed E-state index contributed by atoms with van der Waals surface area (Å²) in [6.07, 6.45) is 2.63. The Kier molecular flexibility index (Phi) is 3.76. The van der Waals surface area contributed by atoms with E-state index in [9.17, 15) is 4.79 Å². The Morgan fingerprint density at radius 1 is 1.58 bits per heavy atom. The number of nitrogens with zero attached hydrogens (tertiary/aromatic N) is 3. The fourth-order valence-electron chi connectivity index (χ4n) is 1.79. The van der Waals surface area contributed by atoms with Crippen LogP contribution in [0.2, 0.25) is 0 Å². The zero-order valence-electron chi connectivity index (χ0n) is 10.4. The quantitative estimate of drug-likeness (QED) is 0.416. The third-order valence-electron chi connectivity index (χ3n) is 2.68. The summed E-state index contributed by atoms with van der Waals surface area (Å²) < 4.78 is 1.39. The SMILES string of the molecule is Cc1cccn2c(=O)c(/C=N\O)c(NCCO)nc12. The normalized spacial score (nSPS) is 11.3. The van der Waals surface area contributed by atoms with E-state index in [0.29, 0.717) is 5.65 Å². The number of hydrogen-bond acceptors (Lipinski definition) is 6. The lowest BCUT2D eigenvalue weighted by Crippen LogP contribution is -2.23. The first-order chi connectivity index (χ1) is 9.19. The second-order valence-electron chi connectivity index (χ2n) is 3.96. The van der Waals surface area contributed by atoms with Crippen LogP contribution >= 0.6 is 0 Å². The van der Waals surface area contributed by atoms with Gasteiger partial charge in [0.15, 0.2) is 0 Å². The number of pyridine rings is 1. The number of oxime groups is 1. The van der Waals surface area contributed by atoms with Crippen molar-refractivity contribution in [1.82, 2.24) is 9.38 Å². The minimum Gasteiger partial charge on any atom is -0.411 e. The first kappa shape index (κ1) is 13.0. The third kappa shape index (κ3) is 2.41. The second kappa shape index (κ2) is 5.49. The molecule has 0 fully saturated rings. The van der Waals surface area contributed by atoms with E-state index >= 15 is 0 Å². The topological polar surface area (TPSA) is 99.2 Å². The predicted octanol–water partition coefficient (Wildman–Crippen LogP) is 0.215. The van der Waals surface area contributed by atoms with E-state index in [1.165, 1.54) is 4.40 Å². The van der Waals surface area contributed by atoms with E-state index in [2.05, 4.69) is 15.5 Å². The number of fused-ring (bicyclic) bond motifs is 1. The molecule has 0 spiro atoms. The van der Waals surface area contributed by atoms with Gasteiger partial charge in [-0.15, -0.1) is 0 Å². The van der Waals surface area contributed by atoms with Gasteiger partial charge >= 0.3 is 0 Å². The molecule has 7 heteroatoms. The van der Waals surface area contributed by atoms with Crippen LogP contribution in [0.1, 0.15) is 11.1 Å². The van der Waals surface area contributed by atoms with Crippen molar-refractivity contribution in [3.05, 3.63) is 39.8 Å². The van der Waals surface area contributed by atoms with Crippen molar-refractivity contribution >= 4 is 17.7 Å². The van der Waals surface area contributed by atoms with Gasteiger partial charge in [0.25, 0.3) is 5.56 Å². The van der Waals surface area contributed by atoms with Crippen LogP contribution < -0.4 is 10.9 Å². The summed E-state index contributed by atoms with van der Waals surface area (Å²) in [5, 5.41) is 23.2. The number of aryl methyl sites for hydroxylation is 1. The lowest BCUT2D eigenvalue weighted by atomic mass is 10.2. The van der Waals surface area contributed by atoms with Crippen molar-refractivity contribution in [2.24, 2.45) is 5.16 Å². The average molecular weight is 262 g/mol. The van der Waals surface area contributed by atoms with Crippen LogP contribution in [-0.2, 0) is 0 Å². The lowest BCUT2D eigenvalue weighted by molar-refractivity contribution is 0.311. The highest BCUT2D eigenvalue weighted by Gasteiger charge is 2.12. The minimum absolute atomic E-state index is 0.0927. The molecule has 2 rings (SSSR count). The van der Waals surface area contributed by atoms with Crippen molar-refractivity contribution in [3.63, 3.8) is 0 Å². The van der Waals surface area contributed by atoms with Crippen molar-refractivity contribution in [1.29, 1.82) is 0 Å². The zero-order chi connectivity index (χ0) is 13.8. The third-order valence-corrected chi connectivity index (χ3v) is 2.68. The molecule has 0 aliphatic rings. The molecule has 0 atom stereocenters. The Labute approximate surface area is 108 Å². The van der Waals surface area contributed by atoms with Crippen LogP contribution in [0.15, 0.2) is 28.3 Å². The lowest BCUT2D eigenvalue weighted by Gasteiger charge is -2.10. The number of aliphatic hydroxyl groups is 1. The van der Waals surface area contributed by atoms with Crippen LogP contribution in [0.25, 0.3) is 5.65 Å². The van der Waals surface area contributed by atoms with Crippen molar-refractivity contribution in [2.45, 2.75) is 6.92 Å². The summed E-state index contributed by atoms with van der Waals surface area (Å²) in [6.45, 7) is 2.00. The molecule has 19 heavy (non-hydrogen) atoms. The maximum atomic E-state index is 12.3. The summed E-state index contributed by atoms with van der Waals surface area (Å²) in [5.41, 5.74) is 1.16. The Hall–Kier alpha value is -2.41. The fourth-order valence-corrected chi connectivity index (χ4v) is 1.79. The average Bonchev–Trinajstić information content (AvgIpc) is 2.41. The molecule has 0 bridgehead atoms. The number of aromatic nitrogens is 2. The second-order valence-corrected chi connectivity index (χ2v) is 3.96. The standard InChI is InChI=1S/C12H14N4O3/c1-8-3-2-5-16-11(8)15-10(13-4-6-17)9(7-14-19)12(16)18/h2-3,5,7,13,17,19H,4,6H2,1H3/b14-7-. The molecule has 3 N–H and O–H groups in total. The van der Waals surface area contributed by atoms with Crippen LogP contribution in [0.5, 0.6) is 0 Å². The molecule has 0 aliphatic heterocycles. The van der Waals surface area contributed by atoms with Gasteiger partial charge < -0.3 is 15.6 Å². The summed E-state index contributed by atoms with van der Waals surface area (Å²) in [6, 6.07) is 3.59. The molecule has 100 valence electrons. The number of nitrogens with one attached hydrogen (secondary N) is 1. The minimum atomic E-state index is -0.341. The highest BCUT2D eigenvalue weighted by Crippen LogP contribution is 2.11. The Bertz CT molecular complexity index is 678. The molecule has 2 aromatic heterocycles. The Morgan fingerprint density at radius 2 is 2.37 bits per heavy atom. The first-order valence-electron chi connectivity index (χ1n) is 5.73. The van der Waals surface area contributed by atoms with Crippen molar-refractivity contribution < 1.29 is 10.3 Å². The van der Waals surface area contributed by atoms with Gasteiger partial charge in [0.1, 0.15) is 17.0 Å². The van der Waals surface area contributed by atoms with Gasteiger partial charge in [-0.3, -0.25) is 9.20 Å². The highest BCUT2D eigenvalue weighted by molar-refractivity contribution is 5.86. The van der Waals surface area contributed by atoms with Gasteiger partial charge in [-0.1, -0.05) is 11.2 Å². The fraction of sp³-hybridized carbons (Fsp3) is 0.250. The maximum Gasteiger partial charge on any atom is 0.268 e. The summed E-state index contributed by atoms with van der Waals surface area (Å²) in [7, 11) is 0. The van der Waals surface area contributed by atoms with Gasteiger partial charge in [-0.25, -0.2) is 4.98 Å². The molecule has 0 aromatic carbocycles. The van der Waals surface area contributed by atoms with Gasteiger partial charge in [0.05, 0.1) is 12.8 Å². The van der Waals surface area contributed by atoms with Crippen LogP contribution in [-0.4, -0.2) is 39.1 Å². The van der Waals surface area contributed by atoms with Gasteiger partial charge in [-0.2, -0.15) is 0 Å². The molecule has 2 aromatic rings. The van der Waals surface area contributed by atoms with E-state index in [1.807, 2.05) is 13.0 Å². The molecular formula is C12H14N4O3. The zero-order valence-corrected chi connectivity index (χ0v) is 10.4. The maximum absolute atomic E-state index is 12.3. The van der Waals surface area contributed by atoms with E-state index in [4.69, 9.17) is 10.3 Å². The van der Waals surface area contributed by atoms with Crippen LogP contribution in [0, 0.1) is 6.92 Å². The smallest absolute Gasteiger partial charge is 0.268 e. The predicted molar refractivity (Wildman–Crippen MR) is 71.2 cm³/mol. The van der Waals surface area contributed by atoms with E-state index in [0.717, 1.165) is 11.8 Å². The number of rotatable bonds is 4. The summed E-state index contributed by atoms with van der Waals surface area (Å²) in [4.78, 5) is 16.6. The molecule has 7 nitrogen and oxygen atoms in total. The van der Waals surface area contributed by atoms with E-state index in [1.54, 1.807) is 12.3 Å². The Balaban J connectivity index is 2.74. The molecular weight excluding hydrogens is 248 g/mol. The van der Waals surface area contributed by atoms with Gasteiger partial charge in [-0.05, 0) is 18.6 Å². The van der Waals surface area contributed by atoms with E-state index in [-0.39, 0.29) is 30.1 Å². The van der Waals surface area contributed by atoms with E-state index < -0.39 is 0 Å². The highest BCUT2D eigenvalue weighted by atomic mass is 16.4. The molecule has 0 aliphatic carbocycles. The summed E-state index contributed by atoms with van der Waals surface area (Å²) >= 11 is 0. The van der Waals surface area contributed by atoms with Crippen LogP contribution in [0.4, 0.5) is 5.82 Å². The molecule has 0 radical (unpaired) electrons. The number of anilines is 1. The molecule has 0 saturated carbocycles. The molecule has 0 saturated heterocycles. The van der Waals surface area contributed by atoms with Crippen molar-refractivity contribution in [3.8, 4) is 0 Å². The van der Waals surface area contributed by atoms with Crippen LogP contribution in [0.3, 0.4) is 0 Å². The number of hydrogen-bond donors (Lipinski definition) is 3. The number of aliphatic hydroxyl groups excluding tert-OH is 1. The van der Waals surface area contributed by atoms with Crippen molar-refractivity contribution in [2.75, 3.05) is 18.5 Å².